The predicted octanol–water partition coefficient (Wildman–Crippen LogP) is 3.46. The van der Waals surface area contributed by atoms with Crippen molar-refractivity contribution in [1.29, 1.82) is 0 Å². The van der Waals surface area contributed by atoms with E-state index in [1.54, 1.807) is 0 Å². The third kappa shape index (κ3) is 10.8. The third-order valence-electron chi connectivity index (χ3n) is 5.61. The molecule has 0 aliphatic heterocycles. The summed E-state index contributed by atoms with van der Waals surface area (Å²) in [7, 11) is 0. The van der Waals surface area contributed by atoms with Crippen LogP contribution in [0.25, 0.3) is 0 Å². The van der Waals surface area contributed by atoms with Crippen LogP contribution in [0.1, 0.15) is 32.1 Å². The smallest absolute Gasteiger partial charge is 0.416 e. The van der Waals surface area contributed by atoms with Gasteiger partial charge in [-0.05, 0) is 30.3 Å². The van der Waals surface area contributed by atoms with Gasteiger partial charge in [0.05, 0.1) is 40.5 Å². The number of thioether (sulfide) groups is 2. The molecule has 1 heterocycles. The SMILES string of the molecule is NC(N)=NCCSc1ccc(C(F)(F)F)cc1NC(=O)c1cc(C(=O)Nc2cc(C(F)(F)F)cc(O)c2SCCN=C(N)N)ncn1. The molecule has 21 heteroatoms. The van der Waals surface area contributed by atoms with E-state index in [1.165, 1.54) is 0 Å². The van der Waals surface area contributed by atoms with Gasteiger partial charge >= 0.3 is 12.4 Å². The van der Waals surface area contributed by atoms with Gasteiger partial charge in [0.25, 0.3) is 11.8 Å². The van der Waals surface area contributed by atoms with Gasteiger partial charge in [-0.1, -0.05) is 0 Å². The molecule has 0 bridgehead atoms. The highest BCUT2D eigenvalue weighted by molar-refractivity contribution is 7.99. The number of anilines is 2. The largest absolute Gasteiger partial charge is 0.507 e. The minimum atomic E-state index is -4.88. The summed E-state index contributed by atoms with van der Waals surface area (Å²) in [5.74, 6) is -2.99. The van der Waals surface area contributed by atoms with Crippen LogP contribution in [-0.4, -0.2) is 63.4 Å². The number of nitrogens with two attached hydrogens (primary N) is 4. The van der Waals surface area contributed by atoms with E-state index in [-0.39, 0.29) is 52.0 Å². The second-order valence-corrected chi connectivity index (χ2v) is 11.3. The molecule has 1 aromatic heterocycles. The number of benzene rings is 2. The number of nitrogens with zero attached hydrogens (tertiary/aromatic N) is 4. The summed E-state index contributed by atoms with van der Waals surface area (Å²) in [6, 6.07) is 4.63. The molecule has 0 aliphatic carbocycles. The minimum Gasteiger partial charge on any atom is -0.507 e. The van der Waals surface area contributed by atoms with E-state index in [1.807, 2.05) is 0 Å². The summed E-state index contributed by atoms with van der Waals surface area (Å²) in [5.41, 5.74) is 17.1. The van der Waals surface area contributed by atoms with Crippen molar-refractivity contribution in [2.24, 2.45) is 32.9 Å². The monoisotopic (exact) mass is 704 g/mol. The number of nitrogens with one attached hydrogen (secondary N) is 2. The lowest BCUT2D eigenvalue weighted by molar-refractivity contribution is -0.138. The molecule has 0 aliphatic rings. The van der Waals surface area contributed by atoms with Crippen LogP contribution in [0.4, 0.5) is 37.7 Å². The number of halogens is 6. The first-order valence-electron chi connectivity index (χ1n) is 12.9. The van der Waals surface area contributed by atoms with Crippen LogP contribution < -0.4 is 33.6 Å². The van der Waals surface area contributed by atoms with E-state index in [9.17, 15) is 41.0 Å². The number of guanidine groups is 2. The molecule has 3 aromatic rings. The number of hydrogen-bond acceptors (Lipinski definition) is 9. The number of phenolic OH excluding ortho intramolecular Hbond substituents is 1. The van der Waals surface area contributed by atoms with Crippen molar-refractivity contribution in [2.75, 3.05) is 35.2 Å². The molecule has 2 aromatic carbocycles. The van der Waals surface area contributed by atoms with Gasteiger partial charge in [0, 0.05) is 22.5 Å². The van der Waals surface area contributed by atoms with Crippen molar-refractivity contribution in [1.82, 2.24) is 9.97 Å². The number of carbonyl (C=O) groups is 2. The number of alkyl halides is 6. The zero-order valence-electron chi connectivity index (χ0n) is 23.8. The zero-order valence-corrected chi connectivity index (χ0v) is 25.4. The van der Waals surface area contributed by atoms with Gasteiger partial charge in [-0.15, -0.1) is 23.5 Å². The normalized spacial score (nSPS) is 11.4. The average Bonchev–Trinajstić information content (AvgIpc) is 2.97. The number of rotatable bonds is 12. The molecule has 0 radical (unpaired) electrons. The van der Waals surface area contributed by atoms with E-state index >= 15 is 0 Å². The Labute approximate surface area is 270 Å². The van der Waals surface area contributed by atoms with Crippen LogP contribution in [0.3, 0.4) is 0 Å². The van der Waals surface area contributed by atoms with Gasteiger partial charge < -0.3 is 38.7 Å². The number of carbonyl (C=O) groups excluding carboxylic acids is 2. The maximum absolute atomic E-state index is 13.5. The Morgan fingerprint density at radius 3 is 1.79 bits per heavy atom. The quantitative estimate of drug-likeness (QED) is 0.0474. The highest BCUT2D eigenvalue weighted by atomic mass is 32.2. The lowest BCUT2D eigenvalue weighted by atomic mass is 10.1. The van der Waals surface area contributed by atoms with Crippen molar-refractivity contribution in [3.63, 3.8) is 0 Å². The zero-order chi connectivity index (χ0) is 34.9. The molecule has 0 spiro atoms. The van der Waals surface area contributed by atoms with Gasteiger partial charge in [-0.3, -0.25) is 19.6 Å². The number of phenols is 1. The second kappa shape index (κ2) is 15.6. The number of amides is 2. The van der Waals surface area contributed by atoms with Crippen LogP contribution in [0, 0.1) is 0 Å². The van der Waals surface area contributed by atoms with E-state index in [4.69, 9.17) is 22.9 Å². The van der Waals surface area contributed by atoms with Crippen LogP contribution >= 0.6 is 23.5 Å². The van der Waals surface area contributed by atoms with Gasteiger partial charge in [0.2, 0.25) is 0 Å². The third-order valence-corrected chi connectivity index (χ3v) is 7.77. The van der Waals surface area contributed by atoms with Gasteiger partial charge in [0.15, 0.2) is 11.9 Å². The minimum absolute atomic E-state index is 0.0353. The first kappa shape index (κ1) is 36.5. The Hall–Kier alpha value is -4.92. The van der Waals surface area contributed by atoms with Crippen LogP contribution in [0.15, 0.2) is 62.5 Å². The van der Waals surface area contributed by atoms with Crippen molar-refractivity contribution in [3.8, 4) is 5.75 Å². The lowest BCUT2D eigenvalue weighted by Gasteiger charge is -2.16. The molecule has 0 unspecified atom stereocenters. The molecule has 252 valence electrons. The molecular weight excluding hydrogens is 678 g/mol. The van der Waals surface area contributed by atoms with E-state index in [2.05, 4.69) is 30.6 Å². The molecule has 13 nitrogen and oxygen atoms in total. The molecule has 0 fully saturated rings. The molecule has 2 amide bonds. The Kier molecular flexibility index (Phi) is 12.1. The van der Waals surface area contributed by atoms with Crippen molar-refractivity contribution < 1.29 is 41.0 Å². The number of hydrogen-bond donors (Lipinski definition) is 7. The van der Waals surface area contributed by atoms with Crippen molar-refractivity contribution in [3.05, 3.63) is 65.2 Å². The van der Waals surface area contributed by atoms with Crippen molar-refractivity contribution in [2.45, 2.75) is 22.1 Å². The molecule has 11 N–H and O–H groups in total. The maximum atomic E-state index is 13.5. The van der Waals surface area contributed by atoms with Gasteiger partial charge in [0.1, 0.15) is 23.5 Å². The second-order valence-electron chi connectivity index (χ2n) is 9.09. The van der Waals surface area contributed by atoms with Crippen LogP contribution in [0.5, 0.6) is 5.75 Å². The summed E-state index contributed by atoms with van der Waals surface area (Å²) in [6.07, 6.45) is -8.82. The molecule has 3 rings (SSSR count). The summed E-state index contributed by atoms with van der Waals surface area (Å²) < 4.78 is 80.7. The van der Waals surface area contributed by atoms with Gasteiger partial charge in [-0.25, -0.2) is 9.97 Å². The Balaban J connectivity index is 1.88. The summed E-state index contributed by atoms with van der Waals surface area (Å²) in [4.78, 5) is 41.3. The van der Waals surface area contributed by atoms with Crippen LogP contribution in [-0.2, 0) is 12.4 Å². The van der Waals surface area contributed by atoms with Gasteiger partial charge in [-0.2, -0.15) is 26.3 Å². The standard InChI is InChI=1S/C26H26F6N10O3S2/c27-25(28,29)12-1-2-19(46-5-3-37-23(33)34)14(7-12)41-21(44)16-10-17(40-11-39-16)22(45)42-15-8-13(26(30,31)32)9-18(43)20(15)47-6-4-38-24(35)36/h1-2,7-11,43H,3-6H2,(H,41,44)(H,42,45)(H4,33,34,37)(H4,35,36,38). The average molecular weight is 705 g/mol. The fraction of sp³-hybridized carbons (Fsp3) is 0.231. The lowest BCUT2D eigenvalue weighted by Crippen LogP contribution is -2.23. The topological polar surface area (TPSA) is 233 Å². The highest BCUT2D eigenvalue weighted by Gasteiger charge is 2.33. The summed E-state index contributed by atoms with van der Waals surface area (Å²) in [6.45, 7) is 0.166. The highest BCUT2D eigenvalue weighted by Crippen LogP contribution is 2.42. The van der Waals surface area contributed by atoms with E-state index < -0.39 is 58.1 Å². The Morgan fingerprint density at radius 1 is 0.745 bits per heavy atom. The first-order chi connectivity index (χ1) is 22.0. The maximum Gasteiger partial charge on any atom is 0.416 e. The Bertz CT molecular complexity index is 1680. The van der Waals surface area contributed by atoms with E-state index in [0.717, 1.165) is 48.1 Å². The van der Waals surface area contributed by atoms with Crippen molar-refractivity contribution >= 4 is 58.6 Å². The molecule has 0 saturated heterocycles. The molecule has 47 heavy (non-hydrogen) atoms. The molecular formula is C26H26F6N10O3S2. The first-order valence-corrected chi connectivity index (χ1v) is 14.9. The molecule has 0 saturated carbocycles. The van der Waals surface area contributed by atoms with E-state index in [0.29, 0.717) is 18.2 Å². The number of aliphatic imine (C=N–C) groups is 2. The fourth-order valence-electron chi connectivity index (χ4n) is 3.58. The number of aromatic nitrogens is 2. The fourth-order valence-corrected chi connectivity index (χ4v) is 5.27. The predicted molar refractivity (Wildman–Crippen MR) is 165 cm³/mol. The summed E-state index contributed by atoms with van der Waals surface area (Å²) >= 11 is 1.89. The number of aromatic hydroxyl groups is 1. The molecule has 0 atom stereocenters. The summed E-state index contributed by atoms with van der Waals surface area (Å²) in [5, 5.41) is 14.9. The van der Waals surface area contributed by atoms with Crippen LogP contribution in [0.2, 0.25) is 0 Å². The Morgan fingerprint density at radius 2 is 1.26 bits per heavy atom.